The third kappa shape index (κ3) is 3.44. The molecule has 5 nitrogen and oxygen atoms in total. The fourth-order valence-electron chi connectivity index (χ4n) is 3.92. The summed E-state index contributed by atoms with van der Waals surface area (Å²) in [7, 11) is 0. The highest BCUT2D eigenvalue weighted by molar-refractivity contribution is 7.18. The second-order valence-corrected chi connectivity index (χ2v) is 8.39. The minimum Gasteiger partial charge on any atom is -0.486 e. The van der Waals surface area contributed by atoms with Crippen LogP contribution < -0.4 is 9.47 Å². The first kappa shape index (κ1) is 17.5. The smallest absolute Gasteiger partial charge is 0.226 e. The van der Waals surface area contributed by atoms with E-state index in [9.17, 15) is 4.79 Å². The molecule has 0 unspecified atom stereocenters. The molecular weight excluding hydrogens is 372 g/mol. The molecule has 144 valence electrons. The van der Waals surface area contributed by atoms with Crippen molar-refractivity contribution in [1.29, 1.82) is 0 Å². The van der Waals surface area contributed by atoms with Gasteiger partial charge in [0.05, 0.1) is 21.6 Å². The lowest BCUT2D eigenvalue weighted by Gasteiger charge is -2.31. The number of amides is 1. The number of carbonyl (C=O) groups is 1. The SMILES string of the molecule is O=C(Cc1ccc2c(c1)OCCO2)N1CCC(c2nc3ccccc3s2)CC1. The van der Waals surface area contributed by atoms with Crippen molar-refractivity contribution in [2.45, 2.75) is 25.2 Å². The highest BCUT2D eigenvalue weighted by Crippen LogP contribution is 2.34. The lowest BCUT2D eigenvalue weighted by molar-refractivity contribution is -0.131. The van der Waals surface area contributed by atoms with Crippen LogP contribution in [0.5, 0.6) is 11.5 Å². The summed E-state index contributed by atoms with van der Waals surface area (Å²) in [5, 5.41) is 1.21. The van der Waals surface area contributed by atoms with Gasteiger partial charge in [0.25, 0.3) is 0 Å². The van der Waals surface area contributed by atoms with Gasteiger partial charge in [-0.1, -0.05) is 18.2 Å². The number of fused-ring (bicyclic) bond motifs is 2. The van der Waals surface area contributed by atoms with Crippen molar-refractivity contribution in [1.82, 2.24) is 9.88 Å². The Labute approximate surface area is 167 Å². The molecule has 0 radical (unpaired) electrons. The van der Waals surface area contributed by atoms with Crippen LogP contribution in [0.4, 0.5) is 0 Å². The van der Waals surface area contributed by atoms with E-state index < -0.39 is 0 Å². The number of likely N-dealkylation sites (tertiary alicyclic amines) is 1. The van der Waals surface area contributed by atoms with Gasteiger partial charge in [-0.05, 0) is 42.7 Å². The zero-order valence-corrected chi connectivity index (χ0v) is 16.4. The van der Waals surface area contributed by atoms with Gasteiger partial charge < -0.3 is 14.4 Å². The number of para-hydroxylation sites is 1. The number of nitrogens with zero attached hydrogens (tertiary/aromatic N) is 2. The molecule has 0 saturated carbocycles. The standard InChI is InChI=1S/C22H22N2O3S/c25-21(14-15-5-6-18-19(13-15)27-12-11-26-18)24-9-7-16(8-10-24)22-23-17-3-1-2-4-20(17)28-22/h1-6,13,16H,7-12,14H2. The Morgan fingerprint density at radius 2 is 1.86 bits per heavy atom. The molecule has 2 aromatic carbocycles. The summed E-state index contributed by atoms with van der Waals surface area (Å²) < 4.78 is 12.4. The zero-order chi connectivity index (χ0) is 18.9. The van der Waals surface area contributed by atoms with Gasteiger partial charge in [-0.3, -0.25) is 4.79 Å². The molecule has 1 saturated heterocycles. The summed E-state index contributed by atoms with van der Waals surface area (Å²) >= 11 is 1.79. The van der Waals surface area contributed by atoms with Crippen LogP contribution in [0.2, 0.25) is 0 Å². The largest absolute Gasteiger partial charge is 0.486 e. The Kier molecular flexibility index (Phi) is 4.64. The molecule has 3 aromatic rings. The average molecular weight is 394 g/mol. The minimum absolute atomic E-state index is 0.180. The van der Waals surface area contributed by atoms with Crippen LogP contribution >= 0.6 is 11.3 Å². The van der Waals surface area contributed by atoms with E-state index in [1.807, 2.05) is 29.2 Å². The van der Waals surface area contributed by atoms with Crippen molar-refractivity contribution in [3.63, 3.8) is 0 Å². The number of carbonyl (C=O) groups excluding carboxylic acids is 1. The second kappa shape index (κ2) is 7.43. The summed E-state index contributed by atoms with van der Waals surface area (Å²) in [4.78, 5) is 19.6. The maximum absolute atomic E-state index is 12.8. The predicted octanol–water partition coefficient (Wildman–Crippen LogP) is 4.02. The first-order chi connectivity index (χ1) is 13.8. The van der Waals surface area contributed by atoms with E-state index in [0.717, 1.165) is 48.5 Å². The van der Waals surface area contributed by atoms with Crippen LogP contribution in [-0.2, 0) is 11.2 Å². The van der Waals surface area contributed by atoms with E-state index in [1.54, 1.807) is 11.3 Å². The van der Waals surface area contributed by atoms with Crippen LogP contribution in [0.25, 0.3) is 10.2 Å². The number of piperidine rings is 1. The summed E-state index contributed by atoms with van der Waals surface area (Å²) in [6.45, 7) is 2.73. The van der Waals surface area contributed by atoms with Crippen LogP contribution in [0.3, 0.4) is 0 Å². The lowest BCUT2D eigenvalue weighted by Crippen LogP contribution is -2.38. The van der Waals surface area contributed by atoms with Gasteiger partial charge in [0.15, 0.2) is 11.5 Å². The maximum atomic E-state index is 12.8. The fraction of sp³-hybridized carbons (Fsp3) is 0.364. The Morgan fingerprint density at radius 3 is 2.68 bits per heavy atom. The average Bonchev–Trinajstić information content (AvgIpc) is 3.18. The topological polar surface area (TPSA) is 51.7 Å². The van der Waals surface area contributed by atoms with Crippen molar-refractivity contribution in [2.24, 2.45) is 0 Å². The van der Waals surface area contributed by atoms with Gasteiger partial charge in [-0.2, -0.15) is 0 Å². The summed E-state index contributed by atoms with van der Waals surface area (Å²) in [6, 6.07) is 14.1. The van der Waals surface area contributed by atoms with E-state index in [0.29, 0.717) is 25.6 Å². The molecule has 6 heteroatoms. The highest BCUT2D eigenvalue weighted by atomic mass is 32.1. The molecule has 1 aromatic heterocycles. The van der Waals surface area contributed by atoms with Crippen LogP contribution in [-0.4, -0.2) is 42.1 Å². The maximum Gasteiger partial charge on any atom is 0.226 e. The third-order valence-corrected chi connectivity index (χ3v) is 6.67. The van der Waals surface area contributed by atoms with Crippen LogP contribution in [0.1, 0.15) is 29.3 Å². The van der Waals surface area contributed by atoms with Crippen molar-refractivity contribution in [2.75, 3.05) is 26.3 Å². The number of aromatic nitrogens is 1. The molecule has 2 aliphatic rings. The zero-order valence-electron chi connectivity index (χ0n) is 15.6. The molecule has 0 spiro atoms. The van der Waals surface area contributed by atoms with Crippen molar-refractivity contribution >= 4 is 27.5 Å². The summed E-state index contributed by atoms with van der Waals surface area (Å²) in [5.74, 6) is 2.14. The Morgan fingerprint density at radius 1 is 1.07 bits per heavy atom. The van der Waals surface area contributed by atoms with E-state index in [2.05, 4.69) is 18.2 Å². The van der Waals surface area contributed by atoms with Crippen LogP contribution in [0, 0.1) is 0 Å². The molecule has 0 N–H and O–H groups in total. The number of hydrogen-bond donors (Lipinski definition) is 0. The van der Waals surface area contributed by atoms with Gasteiger partial charge in [-0.15, -0.1) is 11.3 Å². The molecule has 5 rings (SSSR count). The van der Waals surface area contributed by atoms with Gasteiger partial charge in [0.2, 0.25) is 5.91 Å². The predicted molar refractivity (Wildman–Crippen MR) is 109 cm³/mol. The number of hydrogen-bond acceptors (Lipinski definition) is 5. The molecular formula is C22H22N2O3S. The molecule has 0 aliphatic carbocycles. The quantitative estimate of drug-likeness (QED) is 0.673. The van der Waals surface area contributed by atoms with Crippen LogP contribution in [0.15, 0.2) is 42.5 Å². The first-order valence-electron chi connectivity index (χ1n) is 9.78. The van der Waals surface area contributed by atoms with E-state index in [4.69, 9.17) is 14.5 Å². The number of ether oxygens (including phenoxy) is 2. The van der Waals surface area contributed by atoms with E-state index in [-0.39, 0.29) is 5.91 Å². The number of rotatable bonds is 3. The molecule has 0 bridgehead atoms. The lowest BCUT2D eigenvalue weighted by atomic mass is 9.97. The number of thiazole rings is 1. The van der Waals surface area contributed by atoms with Gasteiger partial charge in [0, 0.05) is 19.0 Å². The van der Waals surface area contributed by atoms with Gasteiger partial charge >= 0.3 is 0 Å². The molecule has 1 amide bonds. The third-order valence-electron chi connectivity index (χ3n) is 5.47. The van der Waals surface area contributed by atoms with Crippen molar-refractivity contribution < 1.29 is 14.3 Å². The normalized spacial score (nSPS) is 17.1. The molecule has 2 aliphatic heterocycles. The summed E-state index contributed by atoms with van der Waals surface area (Å²) in [6.07, 6.45) is 2.36. The van der Waals surface area contributed by atoms with Crippen molar-refractivity contribution in [3.05, 3.63) is 53.0 Å². The first-order valence-corrected chi connectivity index (χ1v) is 10.6. The number of benzene rings is 2. The minimum atomic E-state index is 0.180. The molecule has 28 heavy (non-hydrogen) atoms. The monoisotopic (exact) mass is 394 g/mol. The summed E-state index contributed by atoms with van der Waals surface area (Å²) in [5.41, 5.74) is 2.06. The van der Waals surface area contributed by atoms with E-state index in [1.165, 1.54) is 9.71 Å². The fourth-order valence-corrected chi connectivity index (χ4v) is 5.06. The van der Waals surface area contributed by atoms with E-state index >= 15 is 0 Å². The second-order valence-electron chi connectivity index (χ2n) is 7.33. The molecule has 0 atom stereocenters. The Balaban J connectivity index is 1.21. The molecule has 1 fully saturated rings. The molecule has 3 heterocycles. The van der Waals surface area contributed by atoms with Gasteiger partial charge in [0.1, 0.15) is 13.2 Å². The Bertz CT molecular complexity index is 975. The van der Waals surface area contributed by atoms with Gasteiger partial charge in [-0.25, -0.2) is 4.98 Å². The highest BCUT2D eigenvalue weighted by Gasteiger charge is 2.26. The Hall–Kier alpha value is -2.60. The van der Waals surface area contributed by atoms with Crippen molar-refractivity contribution in [3.8, 4) is 11.5 Å².